The zero-order valence-corrected chi connectivity index (χ0v) is 15.9. The molecule has 1 N–H and O–H groups in total. The molecule has 1 saturated carbocycles. The molecular formula is C20H33N3O2. The molecule has 5 nitrogen and oxygen atoms in total. The molecule has 0 bridgehead atoms. The highest BCUT2D eigenvalue weighted by Gasteiger charge is 2.27. The van der Waals surface area contributed by atoms with Crippen molar-refractivity contribution in [3.8, 4) is 0 Å². The van der Waals surface area contributed by atoms with Crippen LogP contribution in [0, 0.1) is 0 Å². The summed E-state index contributed by atoms with van der Waals surface area (Å²) in [7, 11) is 0. The van der Waals surface area contributed by atoms with E-state index in [2.05, 4.69) is 47.7 Å². The lowest BCUT2D eigenvalue weighted by molar-refractivity contribution is -0.0710. The van der Waals surface area contributed by atoms with Gasteiger partial charge in [-0.3, -0.25) is 4.90 Å². The first kappa shape index (κ1) is 18.6. The summed E-state index contributed by atoms with van der Waals surface area (Å²) in [6.45, 7) is 11.9. The first-order valence-corrected chi connectivity index (χ1v) is 9.66. The van der Waals surface area contributed by atoms with Gasteiger partial charge in [0.1, 0.15) is 5.82 Å². The summed E-state index contributed by atoms with van der Waals surface area (Å²) < 4.78 is 5.73. The minimum absolute atomic E-state index is 0.132. The second-order valence-corrected chi connectivity index (χ2v) is 8.39. The molecule has 0 radical (unpaired) electrons. The van der Waals surface area contributed by atoms with Crippen LogP contribution in [0.3, 0.4) is 0 Å². The Morgan fingerprint density at radius 3 is 2.44 bits per heavy atom. The summed E-state index contributed by atoms with van der Waals surface area (Å²) in [6, 6.07) is 4.36. The third-order valence-electron chi connectivity index (χ3n) is 5.39. The maximum Gasteiger partial charge on any atom is 0.128 e. The summed E-state index contributed by atoms with van der Waals surface area (Å²) in [5, 5.41) is 9.25. The molecule has 140 valence electrons. The van der Waals surface area contributed by atoms with E-state index in [1.807, 2.05) is 6.20 Å². The Bertz CT molecular complexity index is 527. The second kappa shape index (κ2) is 8.02. The van der Waals surface area contributed by atoms with Crippen LogP contribution in [0.2, 0.25) is 0 Å². The highest BCUT2D eigenvalue weighted by Crippen LogP contribution is 2.23. The van der Waals surface area contributed by atoms with E-state index in [1.54, 1.807) is 0 Å². The number of piperazine rings is 1. The maximum atomic E-state index is 9.25. The maximum absolute atomic E-state index is 9.25. The number of rotatable bonds is 6. The van der Waals surface area contributed by atoms with Gasteiger partial charge < -0.3 is 14.7 Å². The van der Waals surface area contributed by atoms with Crippen molar-refractivity contribution in [2.24, 2.45) is 0 Å². The van der Waals surface area contributed by atoms with Gasteiger partial charge in [-0.05, 0) is 58.1 Å². The predicted molar refractivity (Wildman–Crippen MR) is 101 cm³/mol. The Morgan fingerprint density at radius 1 is 1.16 bits per heavy atom. The van der Waals surface area contributed by atoms with Crippen LogP contribution in [0.25, 0.3) is 0 Å². The molecule has 1 saturated heterocycles. The van der Waals surface area contributed by atoms with Crippen molar-refractivity contribution in [2.75, 3.05) is 37.7 Å². The molecule has 0 unspecified atom stereocenters. The third kappa shape index (κ3) is 5.16. The number of aliphatic hydroxyl groups is 1. The topological polar surface area (TPSA) is 48.8 Å². The van der Waals surface area contributed by atoms with E-state index >= 15 is 0 Å². The fraction of sp³-hybridized carbons (Fsp3) is 0.750. The zero-order chi connectivity index (χ0) is 17.9. The molecule has 1 aromatic rings. The van der Waals surface area contributed by atoms with E-state index in [0.29, 0.717) is 0 Å². The first-order chi connectivity index (χ1) is 11.9. The number of nitrogens with zero attached hydrogens (tertiary/aromatic N) is 3. The number of aryl methyl sites for hydroxylation is 1. The molecule has 25 heavy (non-hydrogen) atoms. The monoisotopic (exact) mass is 347 g/mol. The Kier molecular flexibility index (Phi) is 5.97. The standard InChI is InChI=1S/C20H33N3O2/c1-20(2,3)23-10-8-22(9-11-23)19-7-6-16(15-21-19)5-4-12-25-18-13-17(24)14-18/h6-7,15,17-18,24H,4-5,8-14H2,1-3H3. The van der Waals surface area contributed by atoms with Crippen LogP contribution >= 0.6 is 0 Å². The average molecular weight is 348 g/mol. The van der Waals surface area contributed by atoms with Crippen LogP contribution in [0.4, 0.5) is 5.82 Å². The van der Waals surface area contributed by atoms with Gasteiger partial charge in [-0.25, -0.2) is 4.98 Å². The fourth-order valence-corrected chi connectivity index (χ4v) is 3.56. The van der Waals surface area contributed by atoms with Gasteiger partial charge in [-0.2, -0.15) is 0 Å². The molecule has 0 amide bonds. The SMILES string of the molecule is CC(C)(C)N1CCN(c2ccc(CCCOC3CC(O)C3)cn2)CC1. The van der Waals surface area contributed by atoms with Crippen molar-refractivity contribution in [3.63, 3.8) is 0 Å². The van der Waals surface area contributed by atoms with Gasteiger partial charge in [0.15, 0.2) is 0 Å². The molecule has 1 aromatic heterocycles. The van der Waals surface area contributed by atoms with Crippen LogP contribution in [0.5, 0.6) is 0 Å². The number of hydrogen-bond donors (Lipinski definition) is 1. The largest absolute Gasteiger partial charge is 0.393 e. The minimum atomic E-state index is -0.132. The lowest BCUT2D eigenvalue weighted by Crippen LogP contribution is -2.53. The van der Waals surface area contributed by atoms with E-state index in [9.17, 15) is 5.11 Å². The minimum Gasteiger partial charge on any atom is -0.393 e. The summed E-state index contributed by atoms with van der Waals surface area (Å²) >= 11 is 0. The van der Waals surface area contributed by atoms with Crippen LogP contribution in [-0.4, -0.2) is 65.5 Å². The number of hydrogen-bond acceptors (Lipinski definition) is 5. The Morgan fingerprint density at radius 2 is 1.88 bits per heavy atom. The number of anilines is 1. The molecule has 1 aliphatic heterocycles. The smallest absolute Gasteiger partial charge is 0.128 e. The van der Waals surface area contributed by atoms with Gasteiger partial charge in [-0.1, -0.05) is 6.07 Å². The first-order valence-electron chi connectivity index (χ1n) is 9.66. The quantitative estimate of drug-likeness (QED) is 0.801. The molecule has 2 heterocycles. The van der Waals surface area contributed by atoms with Gasteiger partial charge in [0.2, 0.25) is 0 Å². The van der Waals surface area contributed by atoms with Crippen LogP contribution in [-0.2, 0) is 11.2 Å². The number of aromatic nitrogens is 1. The lowest BCUT2D eigenvalue weighted by Gasteiger charge is -2.42. The van der Waals surface area contributed by atoms with E-state index in [-0.39, 0.29) is 17.7 Å². The van der Waals surface area contributed by atoms with Gasteiger partial charge >= 0.3 is 0 Å². The second-order valence-electron chi connectivity index (χ2n) is 8.39. The zero-order valence-electron chi connectivity index (χ0n) is 15.9. The molecule has 0 aromatic carbocycles. The van der Waals surface area contributed by atoms with E-state index in [4.69, 9.17) is 4.74 Å². The normalized spacial score (nSPS) is 25.0. The van der Waals surface area contributed by atoms with E-state index in [1.165, 1.54) is 5.56 Å². The van der Waals surface area contributed by atoms with Crippen LogP contribution in [0.15, 0.2) is 18.3 Å². The number of aliphatic hydroxyl groups excluding tert-OH is 1. The van der Waals surface area contributed by atoms with Crippen LogP contribution in [0.1, 0.15) is 45.6 Å². The molecule has 2 aliphatic rings. The third-order valence-corrected chi connectivity index (χ3v) is 5.39. The highest BCUT2D eigenvalue weighted by atomic mass is 16.5. The fourth-order valence-electron chi connectivity index (χ4n) is 3.56. The van der Waals surface area contributed by atoms with Crippen molar-refractivity contribution >= 4 is 5.82 Å². The molecule has 0 atom stereocenters. The van der Waals surface area contributed by atoms with Gasteiger partial charge in [0, 0.05) is 44.5 Å². The Hall–Kier alpha value is -1.17. The van der Waals surface area contributed by atoms with E-state index < -0.39 is 0 Å². The number of pyridine rings is 1. The molecular weight excluding hydrogens is 314 g/mol. The number of ether oxygens (including phenoxy) is 1. The van der Waals surface area contributed by atoms with Crippen molar-refractivity contribution in [3.05, 3.63) is 23.9 Å². The Labute approximate surface area is 152 Å². The lowest BCUT2D eigenvalue weighted by atomic mass is 9.92. The Balaban J connectivity index is 1.39. The predicted octanol–water partition coefficient (Wildman–Crippen LogP) is 2.47. The molecule has 5 heteroatoms. The molecule has 1 aliphatic carbocycles. The summed E-state index contributed by atoms with van der Waals surface area (Å²) in [4.78, 5) is 9.60. The summed E-state index contributed by atoms with van der Waals surface area (Å²) in [5.41, 5.74) is 1.53. The average Bonchev–Trinajstić information content (AvgIpc) is 2.57. The van der Waals surface area contributed by atoms with Crippen molar-refractivity contribution < 1.29 is 9.84 Å². The van der Waals surface area contributed by atoms with Gasteiger partial charge in [-0.15, -0.1) is 0 Å². The van der Waals surface area contributed by atoms with Crippen molar-refractivity contribution in [2.45, 2.75) is 64.2 Å². The molecule has 3 rings (SSSR count). The van der Waals surface area contributed by atoms with Crippen molar-refractivity contribution in [1.82, 2.24) is 9.88 Å². The van der Waals surface area contributed by atoms with Crippen LogP contribution < -0.4 is 4.90 Å². The van der Waals surface area contributed by atoms with E-state index in [0.717, 1.165) is 64.3 Å². The van der Waals surface area contributed by atoms with Gasteiger partial charge in [0.25, 0.3) is 0 Å². The van der Waals surface area contributed by atoms with Crippen molar-refractivity contribution in [1.29, 1.82) is 0 Å². The highest BCUT2D eigenvalue weighted by molar-refractivity contribution is 5.40. The molecule has 0 spiro atoms. The van der Waals surface area contributed by atoms with Gasteiger partial charge in [0.05, 0.1) is 12.2 Å². The summed E-state index contributed by atoms with van der Waals surface area (Å²) in [5.74, 6) is 1.09. The molecule has 2 fully saturated rings. The summed E-state index contributed by atoms with van der Waals surface area (Å²) in [6.07, 6.45) is 5.78.